The molecule has 0 aromatic heterocycles. The van der Waals surface area contributed by atoms with Gasteiger partial charge in [0.1, 0.15) is 0 Å². The predicted octanol–water partition coefficient (Wildman–Crippen LogP) is 2.59. The first kappa shape index (κ1) is 13.4. The number of hydrogen-bond donors (Lipinski definition) is 2. The number of anilines is 2. The molecule has 0 radical (unpaired) electrons. The number of aromatic carboxylic acids is 1. The minimum atomic E-state index is -0.926. The van der Waals surface area contributed by atoms with Crippen LogP contribution in [0, 0.1) is 0 Å². The third kappa shape index (κ3) is 3.12. The highest BCUT2D eigenvalue weighted by Crippen LogP contribution is 2.28. The van der Waals surface area contributed by atoms with Gasteiger partial charge < -0.3 is 15.7 Å². The fourth-order valence-corrected chi connectivity index (χ4v) is 1.96. The molecule has 4 heteroatoms. The second kappa shape index (κ2) is 6.13. The predicted molar refractivity (Wildman–Crippen MR) is 70.6 cm³/mol. The summed E-state index contributed by atoms with van der Waals surface area (Å²) in [6, 6.07) is 5.03. The quantitative estimate of drug-likeness (QED) is 0.745. The van der Waals surface area contributed by atoms with Crippen molar-refractivity contribution in [3.63, 3.8) is 0 Å². The van der Waals surface area contributed by atoms with Gasteiger partial charge in [-0.15, -0.1) is 0 Å². The summed E-state index contributed by atoms with van der Waals surface area (Å²) in [6.45, 7) is 5.79. The molecule has 0 aliphatic heterocycles. The van der Waals surface area contributed by atoms with Crippen LogP contribution in [-0.4, -0.2) is 24.2 Å². The summed E-state index contributed by atoms with van der Waals surface area (Å²) in [6.07, 6.45) is 1.93. The zero-order chi connectivity index (χ0) is 12.8. The number of benzene rings is 1. The Hall–Kier alpha value is -1.71. The number of rotatable bonds is 6. The molecule has 0 amide bonds. The van der Waals surface area contributed by atoms with Gasteiger partial charge in [-0.25, -0.2) is 4.79 Å². The van der Waals surface area contributed by atoms with E-state index in [0.717, 1.165) is 25.9 Å². The molecule has 4 nitrogen and oxygen atoms in total. The number of nitrogens with zero attached hydrogens (tertiary/aromatic N) is 1. The van der Waals surface area contributed by atoms with Crippen LogP contribution >= 0.6 is 0 Å². The Morgan fingerprint density at radius 3 is 2.35 bits per heavy atom. The third-order valence-corrected chi connectivity index (χ3v) is 2.60. The minimum Gasteiger partial charge on any atom is -0.478 e. The molecule has 0 bridgehead atoms. The van der Waals surface area contributed by atoms with Crippen molar-refractivity contribution < 1.29 is 9.90 Å². The van der Waals surface area contributed by atoms with Crippen molar-refractivity contribution in [2.24, 2.45) is 0 Å². The average molecular weight is 236 g/mol. The van der Waals surface area contributed by atoms with Crippen LogP contribution in [0.1, 0.15) is 37.0 Å². The monoisotopic (exact) mass is 236 g/mol. The number of carbonyl (C=O) groups is 1. The van der Waals surface area contributed by atoms with Gasteiger partial charge in [-0.1, -0.05) is 19.9 Å². The van der Waals surface area contributed by atoms with Crippen LogP contribution in [-0.2, 0) is 0 Å². The van der Waals surface area contributed by atoms with E-state index in [1.54, 1.807) is 18.2 Å². The molecule has 0 fully saturated rings. The molecule has 1 aromatic carbocycles. The average Bonchev–Trinajstić information content (AvgIpc) is 2.28. The van der Waals surface area contributed by atoms with E-state index in [2.05, 4.69) is 18.7 Å². The number of hydrogen-bond acceptors (Lipinski definition) is 3. The van der Waals surface area contributed by atoms with Crippen molar-refractivity contribution in [3.8, 4) is 0 Å². The molecule has 1 rings (SSSR count). The van der Waals surface area contributed by atoms with Crippen molar-refractivity contribution in [2.45, 2.75) is 26.7 Å². The fourth-order valence-electron chi connectivity index (χ4n) is 1.96. The zero-order valence-corrected chi connectivity index (χ0v) is 10.4. The Morgan fingerprint density at radius 1 is 1.29 bits per heavy atom. The molecule has 0 spiro atoms. The largest absolute Gasteiger partial charge is 0.478 e. The molecule has 17 heavy (non-hydrogen) atoms. The Bertz CT molecular complexity index is 385. The maximum absolute atomic E-state index is 11.2. The van der Waals surface area contributed by atoms with Crippen LogP contribution in [0.3, 0.4) is 0 Å². The minimum absolute atomic E-state index is 0.284. The summed E-state index contributed by atoms with van der Waals surface area (Å²) in [5, 5.41) is 9.19. The molecule has 0 aliphatic rings. The molecule has 0 atom stereocenters. The molecule has 0 heterocycles. The van der Waals surface area contributed by atoms with Gasteiger partial charge in [0, 0.05) is 13.1 Å². The molecule has 0 saturated carbocycles. The molecule has 0 saturated heterocycles. The van der Waals surface area contributed by atoms with Crippen LogP contribution in [0.2, 0.25) is 0 Å². The number of nitrogens with two attached hydrogens (primary N) is 1. The van der Waals surface area contributed by atoms with E-state index in [0.29, 0.717) is 11.4 Å². The molecule has 0 aliphatic carbocycles. The van der Waals surface area contributed by atoms with E-state index in [1.165, 1.54) is 0 Å². The molecule has 0 unspecified atom stereocenters. The first-order valence-electron chi connectivity index (χ1n) is 5.98. The topological polar surface area (TPSA) is 66.6 Å². The number of carboxylic acids is 1. The smallest absolute Gasteiger partial charge is 0.337 e. The van der Waals surface area contributed by atoms with Gasteiger partial charge in [0.2, 0.25) is 0 Å². The lowest BCUT2D eigenvalue weighted by molar-refractivity contribution is 0.0697. The van der Waals surface area contributed by atoms with Crippen LogP contribution in [0.5, 0.6) is 0 Å². The van der Waals surface area contributed by atoms with E-state index < -0.39 is 5.97 Å². The molecule has 94 valence electrons. The molecular weight excluding hydrogens is 216 g/mol. The number of para-hydroxylation sites is 1. The lowest BCUT2D eigenvalue weighted by Crippen LogP contribution is -2.27. The molecule has 1 aromatic rings. The Labute approximate surface area is 102 Å². The van der Waals surface area contributed by atoms with Crippen molar-refractivity contribution in [2.75, 3.05) is 23.7 Å². The standard InChI is InChI=1S/C13H20N2O2/c1-3-8-15(9-4-2)12-10(13(16)17)6-5-7-11(12)14/h5-7H,3-4,8-9,14H2,1-2H3,(H,16,17). The van der Waals surface area contributed by atoms with Gasteiger partial charge in [-0.05, 0) is 25.0 Å². The summed E-state index contributed by atoms with van der Waals surface area (Å²) in [4.78, 5) is 13.3. The van der Waals surface area contributed by atoms with Gasteiger partial charge in [0.05, 0.1) is 16.9 Å². The third-order valence-electron chi connectivity index (χ3n) is 2.60. The van der Waals surface area contributed by atoms with Gasteiger partial charge in [-0.3, -0.25) is 0 Å². The highest BCUT2D eigenvalue weighted by molar-refractivity contribution is 5.98. The first-order chi connectivity index (χ1) is 8.11. The normalized spacial score (nSPS) is 10.2. The Morgan fingerprint density at radius 2 is 1.88 bits per heavy atom. The van der Waals surface area contributed by atoms with Crippen LogP contribution in [0.4, 0.5) is 11.4 Å². The van der Waals surface area contributed by atoms with Crippen LogP contribution < -0.4 is 10.6 Å². The van der Waals surface area contributed by atoms with E-state index in [-0.39, 0.29) is 5.56 Å². The SMILES string of the molecule is CCCN(CCC)c1c(N)cccc1C(=O)O. The van der Waals surface area contributed by atoms with Crippen molar-refractivity contribution in [1.29, 1.82) is 0 Å². The first-order valence-corrected chi connectivity index (χ1v) is 5.98. The van der Waals surface area contributed by atoms with Crippen molar-refractivity contribution in [1.82, 2.24) is 0 Å². The highest BCUT2D eigenvalue weighted by Gasteiger charge is 2.17. The second-order valence-corrected chi connectivity index (χ2v) is 4.04. The Kier molecular flexibility index (Phi) is 4.82. The van der Waals surface area contributed by atoms with Crippen molar-refractivity contribution >= 4 is 17.3 Å². The summed E-state index contributed by atoms with van der Waals surface area (Å²) >= 11 is 0. The Balaban J connectivity index is 3.19. The highest BCUT2D eigenvalue weighted by atomic mass is 16.4. The summed E-state index contributed by atoms with van der Waals surface area (Å²) < 4.78 is 0. The summed E-state index contributed by atoms with van der Waals surface area (Å²) in [7, 11) is 0. The second-order valence-electron chi connectivity index (χ2n) is 4.04. The van der Waals surface area contributed by atoms with E-state index in [4.69, 9.17) is 5.73 Å². The molecule has 3 N–H and O–H groups in total. The lowest BCUT2D eigenvalue weighted by Gasteiger charge is -2.26. The van der Waals surface area contributed by atoms with Gasteiger partial charge in [-0.2, -0.15) is 0 Å². The fraction of sp³-hybridized carbons (Fsp3) is 0.462. The lowest BCUT2D eigenvalue weighted by atomic mass is 10.1. The van der Waals surface area contributed by atoms with E-state index >= 15 is 0 Å². The maximum Gasteiger partial charge on any atom is 0.337 e. The van der Waals surface area contributed by atoms with Gasteiger partial charge in [0.25, 0.3) is 0 Å². The zero-order valence-electron chi connectivity index (χ0n) is 10.4. The van der Waals surface area contributed by atoms with E-state index in [9.17, 15) is 9.90 Å². The van der Waals surface area contributed by atoms with Gasteiger partial charge >= 0.3 is 5.97 Å². The summed E-state index contributed by atoms with van der Waals surface area (Å²) in [5.74, 6) is -0.926. The number of nitrogen functional groups attached to an aromatic ring is 1. The van der Waals surface area contributed by atoms with E-state index in [1.807, 2.05) is 0 Å². The summed E-state index contributed by atoms with van der Waals surface area (Å²) in [5.41, 5.74) is 7.39. The maximum atomic E-state index is 11.2. The van der Waals surface area contributed by atoms with Crippen LogP contribution in [0.15, 0.2) is 18.2 Å². The van der Waals surface area contributed by atoms with Gasteiger partial charge in [0.15, 0.2) is 0 Å². The van der Waals surface area contributed by atoms with Crippen molar-refractivity contribution in [3.05, 3.63) is 23.8 Å². The molecular formula is C13H20N2O2. The van der Waals surface area contributed by atoms with Crippen LogP contribution in [0.25, 0.3) is 0 Å². The number of carboxylic acid groups (broad SMARTS) is 1.